The monoisotopic (exact) mass is 579 g/mol. The quantitative estimate of drug-likeness (QED) is 0.249. The number of aromatic carboxylic acids is 1. The van der Waals surface area contributed by atoms with E-state index in [1.807, 2.05) is 4.57 Å². The molecule has 1 N–H and O–H groups in total. The second kappa shape index (κ2) is 10.9. The molecular formula is C29H24ClF2N5O4. The molecule has 9 nitrogen and oxygen atoms in total. The molecule has 1 saturated heterocycles. The zero-order valence-electron chi connectivity index (χ0n) is 21.9. The number of hydrogen-bond donors (Lipinski definition) is 1. The van der Waals surface area contributed by atoms with E-state index in [1.165, 1.54) is 12.1 Å². The molecule has 0 radical (unpaired) electrons. The molecule has 0 aliphatic carbocycles. The van der Waals surface area contributed by atoms with Gasteiger partial charge in [-0.05, 0) is 48.4 Å². The topological polar surface area (TPSA) is 104 Å². The third kappa shape index (κ3) is 5.50. The second-order valence-corrected chi connectivity index (χ2v) is 10.2. The molecule has 0 amide bonds. The van der Waals surface area contributed by atoms with Crippen molar-refractivity contribution in [3.8, 4) is 17.1 Å². The van der Waals surface area contributed by atoms with Crippen molar-refractivity contribution in [2.75, 3.05) is 6.61 Å². The first-order valence-corrected chi connectivity index (χ1v) is 13.2. The van der Waals surface area contributed by atoms with E-state index in [4.69, 9.17) is 21.1 Å². The van der Waals surface area contributed by atoms with Gasteiger partial charge in [-0.2, -0.15) is 5.10 Å². The molecule has 0 bridgehead atoms. The fourth-order valence-electron chi connectivity index (χ4n) is 4.76. The molecule has 12 heteroatoms. The molecule has 210 valence electrons. The minimum absolute atomic E-state index is 0.00570. The van der Waals surface area contributed by atoms with Gasteiger partial charge in [-0.15, -0.1) is 0 Å². The van der Waals surface area contributed by atoms with Crippen LogP contribution in [0.3, 0.4) is 0 Å². The van der Waals surface area contributed by atoms with Gasteiger partial charge in [0.25, 0.3) is 0 Å². The summed E-state index contributed by atoms with van der Waals surface area (Å²) in [6.07, 6.45) is 2.43. The maximum absolute atomic E-state index is 15.4. The average molecular weight is 580 g/mol. The van der Waals surface area contributed by atoms with Gasteiger partial charge in [-0.1, -0.05) is 17.7 Å². The third-order valence-electron chi connectivity index (χ3n) is 6.95. The molecule has 0 saturated carbocycles. The Morgan fingerprint density at radius 3 is 2.71 bits per heavy atom. The summed E-state index contributed by atoms with van der Waals surface area (Å²) in [5.41, 5.74) is 2.09. The number of aryl methyl sites for hydroxylation is 1. The average Bonchev–Trinajstić information content (AvgIpc) is 3.43. The van der Waals surface area contributed by atoms with Gasteiger partial charge < -0.3 is 19.1 Å². The molecule has 4 heterocycles. The number of ether oxygens (including phenoxy) is 2. The molecule has 1 atom stereocenters. The summed E-state index contributed by atoms with van der Waals surface area (Å²) in [6.45, 7) is 1.13. The molecule has 5 aromatic rings. The first-order chi connectivity index (χ1) is 19.7. The van der Waals surface area contributed by atoms with Crippen molar-refractivity contribution in [3.05, 3.63) is 94.0 Å². The number of fused-ring (bicyclic) bond motifs is 1. The number of benzene rings is 2. The number of halogens is 3. The van der Waals surface area contributed by atoms with E-state index >= 15 is 8.78 Å². The third-order valence-corrected chi connectivity index (χ3v) is 7.26. The van der Waals surface area contributed by atoms with E-state index in [1.54, 1.807) is 42.2 Å². The van der Waals surface area contributed by atoms with Crippen LogP contribution in [0.15, 0.2) is 54.7 Å². The highest BCUT2D eigenvalue weighted by molar-refractivity contribution is 6.31. The van der Waals surface area contributed by atoms with Crippen LogP contribution in [0.2, 0.25) is 5.02 Å². The molecule has 3 aromatic heterocycles. The zero-order valence-corrected chi connectivity index (χ0v) is 22.6. The maximum Gasteiger partial charge on any atom is 0.335 e. The summed E-state index contributed by atoms with van der Waals surface area (Å²) in [4.78, 5) is 20.5. The number of pyridine rings is 1. The lowest BCUT2D eigenvalue weighted by Gasteiger charge is -2.27. The summed E-state index contributed by atoms with van der Waals surface area (Å²) in [6, 6.07) is 11.7. The van der Waals surface area contributed by atoms with Crippen molar-refractivity contribution >= 4 is 28.6 Å². The van der Waals surface area contributed by atoms with Crippen LogP contribution in [0.1, 0.15) is 33.9 Å². The summed E-state index contributed by atoms with van der Waals surface area (Å²) < 4.78 is 45.5. The van der Waals surface area contributed by atoms with Crippen LogP contribution in [-0.4, -0.2) is 48.1 Å². The second-order valence-electron chi connectivity index (χ2n) is 9.78. The van der Waals surface area contributed by atoms with Crippen molar-refractivity contribution in [1.82, 2.24) is 24.3 Å². The Labute approximate surface area is 237 Å². The smallest absolute Gasteiger partial charge is 0.335 e. The van der Waals surface area contributed by atoms with Crippen molar-refractivity contribution in [3.63, 3.8) is 0 Å². The number of carbonyl (C=O) groups is 1. The van der Waals surface area contributed by atoms with Gasteiger partial charge in [0, 0.05) is 37.9 Å². The molecule has 41 heavy (non-hydrogen) atoms. The van der Waals surface area contributed by atoms with Crippen LogP contribution in [0.4, 0.5) is 8.78 Å². The van der Waals surface area contributed by atoms with E-state index in [9.17, 15) is 9.90 Å². The highest BCUT2D eigenvalue weighted by Crippen LogP contribution is 2.29. The number of imidazole rings is 1. The number of carboxylic acids is 1. The number of hydrogen-bond acceptors (Lipinski definition) is 6. The van der Waals surface area contributed by atoms with Crippen LogP contribution in [-0.2, 0) is 31.4 Å². The standard InChI is InChI=1S/C29H24ClF2N5O4/c1-36-14-20(30)25(35-36)15-41-28-4-2-3-23(34-28)19-12-21(31)17(9-22(19)32)11-27-33-24-6-5-16(29(38)39)10-26(24)37(27)13-18-7-8-40-18/h2-6,9-10,12,14,18H,7-8,11,13,15H2,1H3,(H,38,39). The van der Waals surface area contributed by atoms with Gasteiger partial charge in [0.1, 0.15) is 29.8 Å². The largest absolute Gasteiger partial charge is 0.478 e. The van der Waals surface area contributed by atoms with Crippen LogP contribution in [0.5, 0.6) is 5.88 Å². The summed E-state index contributed by atoms with van der Waals surface area (Å²) in [7, 11) is 1.74. The SMILES string of the molecule is Cn1cc(Cl)c(COc2cccc(-c3cc(F)c(Cc4nc5ccc(C(=O)O)cc5n4CC4CCO4)cc3F)n2)n1. The fraction of sp³-hybridized carbons (Fsp3) is 0.241. The van der Waals surface area contributed by atoms with Gasteiger partial charge in [0.05, 0.1) is 40.0 Å². The zero-order chi connectivity index (χ0) is 28.7. The number of carboxylic acid groups (broad SMARTS) is 1. The lowest BCUT2D eigenvalue weighted by molar-refractivity contribution is -0.0589. The van der Waals surface area contributed by atoms with Crippen molar-refractivity contribution in [2.45, 2.75) is 32.1 Å². The lowest BCUT2D eigenvalue weighted by atomic mass is 10.0. The molecule has 1 fully saturated rings. The van der Waals surface area contributed by atoms with Crippen molar-refractivity contribution in [1.29, 1.82) is 0 Å². The molecule has 6 rings (SSSR count). The fourth-order valence-corrected chi connectivity index (χ4v) is 4.99. The van der Waals surface area contributed by atoms with Crippen LogP contribution >= 0.6 is 11.6 Å². The van der Waals surface area contributed by atoms with Crippen molar-refractivity contribution < 1.29 is 28.2 Å². The predicted molar refractivity (Wildman–Crippen MR) is 146 cm³/mol. The van der Waals surface area contributed by atoms with E-state index in [0.717, 1.165) is 18.6 Å². The Hall–Kier alpha value is -4.35. The number of nitrogens with zero attached hydrogens (tertiary/aromatic N) is 5. The molecule has 1 aliphatic rings. The first-order valence-electron chi connectivity index (χ1n) is 12.9. The Bertz CT molecular complexity index is 1780. The maximum atomic E-state index is 15.4. The van der Waals surface area contributed by atoms with E-state index in [2.05, 4.69) is 15.1 Å². The van der Waals surface area contributed by atoms with Gasteiger partial charge in [0.15, 0.2) is 0 Å². The summed E-state index contributed by atoms with van der Waals surface area (Å²) >= 11 is 6.13. The first kappa shape index (κ1) is 26.9. The van der Waals surface area contributed by atoms with E-state index in [-0.39, 0.29) is 47.4 Å². The van der Waals surface area contributed by atoms with Gasteiger partial charge in [0.2, 0.25) is 5.88 Å². The van der Waals surface area contributed by atoms with Crippen molar-refractivity contribution in [2.24, 2.45) is 7.05 Å². The molecule has 1 aliphatic heterocycles. The Kier molecular flexibility index (Phi) is 7.14. The van der Waals surface area contributed by atoms with E-state index < -0.39 is 17.6 Å². The Morgan fingerprint density at radius 1 is 1.17 bits per heavy atom. The number of rotatable bonds is 9. The number of aromatic nitrogens is 5. The molecule has 0 spiro atoms. The highest BCUT2D eigenvalue weighted by atomic mass is 35.5. The van der Waals surface area contributed by atoms with Crippen LogP contribution in [0, 0.1) is 11.6 Å². The predicted octanol–water partition coefficient (Wildman–Crippen LogP) is 5.42. The minimum Gasteiger partial charge on any atom is -0.478 e. The molecule has 1 unspecified atom stereocenters. The van der Waals surface area contributed by atoms with Gasteiger partial charge in [-0.25, -0.2) is 23.5 Å². The lowest BCUT2D eigenvalue weighted by Crippen LogP contribution is -2.31. The van der Waals surface area contributed by atoms with E-state index in [0.29, 0.717) is 40.7 Å². The minimum atomic E-state index is -1.06. The van der Waals surface area contributed by atoms with Gasteiger partial charge >= 0.3 is 5.97 Å². The molecule has 2 aromatic carbocycles. The Morgan fingerprint density at radius 2 is 2.00 bits per heavy atom. The van der Waals surface area contributed by atoms with Crippen LogP contribution < -0.4 is 4.74 Å². The van der Waals surface area contributed by atoms with Gasteiger partial charge in [-0.3, -0.25) is 4.68 Å². The molecular weight excluding hydrogens is 556 g/mol. The van der Waals surface area contributed by atoms with Crippen LogP contribution in [0.25, 0.3) is 22.3 Å². The highest BCUT2D eigenvalue weighted by Gasteiger charge is 2.24. The normalized spacial score (nSPS) is 14.8. The summed E-state index contributed by atoms with van der Waals surface area (Å²) in [5, 5.41) is 14.1. The Balaban J connectivity index is 1.28. The summed E-state index contributed by atoms with van der Waals surface area (Å²) in [5.74, 6) is -1.66.